The van der Waals surface area contributed by atoms with E-state index in [1.807, 2.05) is 13.8 Å². The number of amides is 1. The molecule has 0 aromatic carbocycles. The number of carbonyl (C=O) groups excluding carboxylic acids is 3. The van der Waals surface area contributed by atoms with Crippen molar-refractivity contribution in [1.82, 2.24) is 4.90 Å². The van der Waals surface area contributed by atoms with Crippen LogP contribution in [0.3, 0.4) is 0 Å². The van der Waals surface area contributed by atoms with Gasteiger partial charge >= 0.3 is 6.09 Å². The Labute approximate surface area is 184 Å². The molecule has 0 aromatic rings. The maximum absolute atomic E-state index is 13.2. The summed E-state index contributed by atoms with van der Waals surface area (Å²) in [5.74, 6) is -0.204. The lowest BCUT2D eigenvalue weighted by Crippen LogP contribution is -2.51. The molecule has 3 atom stereocenters. The van der Waals surface area contributed by atoms with Crippen molar-refractivity contribution in [3.05, 3.63) is 0 Å². The van der Waals surface area contributed by atoms with Crippen LogP contribution in [0.2, 0.25) is 18.1 Å². The molecular formula is C23H43NO5Si. The average Bonchev–Trinajstić information content (AvgIpc) is 2.89. The van der Waals surface area contributed by atoms with Gasteiger partial charge in [-0.2, -0.15) is 0 Å². The number of ether oxygens (including phenoxy) is 1. The summed E-state index contributed by atoms with van der Waals surface area (Å²) < 4.78 is 12.0. The monoisotopic (exact) mass is 441 g/mol. The molecule has 7 heteroatoms. The minimum absolute atomic E-state index is 0.0246. The summed E-state index contributed by atoms with van der Waals surface area (Å²) in [6.07, 6.45) is 0.183. The molecule has 1 aliphatic rings. The minimum atomic E-state index is -2.04. The first-order valence-electron chi connectivity index (χ1n) is 11.1. The molecule has 30 heavy (non-hydrogen) atoms. The summed E-state index contributed by atoms with van der Waals surface area (Å²) in [6.45, 7) is 22.0. The summed E-state index contributed by atoms with van der Waals surface area (Å²) in [7, 11) is -2.04. The fourth-order valence-corrected chi connectivity index (χ4v) is 4.56. The first-order valence-corrected chi connectivity index (χ1v) is 14.0. The van der Waals surface area contributed by atoms with E-state index in [1.165, 1.54) is 11.8 Å². The third-order valence-corrected chi connectivity index (χ3v) is 10.6. The largest absolute Gasteiger partial charge is 0.444 e. The predicted octanol–water partition coefficient (Wildman–Crippen LogP) is 5.21. The number of hydrogen-bond donors (Lipinski definition) is 0. The van der Waals surface area contributed by atoms with Gasteiger partial charge in [0, 0.05) is 18.9 Å². The van der Waals surface area contributed by atoms with Crippen LogP contribution in [-0.2, 0) is 18.8 Å². The number of hydrogen-bond acceptors (Lipinski definition) is 5. The smallest absolute Gasteiger partial charge is 0.411 e. The molecule has 1 rings (SSSR count). The molecule has 0 saturated carbocycles. The van der Waals surface area contributed by atoms with Gasteiger partial charge < -0.3 is 9.16 Å². The first-order chi connectivity index (χ1) is 13.4. The van der Waals surface area contributed by atoms with Crippen LogP contribution < -0.4 is 0 Å². The van der Waals surface area contributed by atoms with Crippen molar-refractivity contribution >= 4 is 26.0 Å². The Balaban J connectivity index is 3.27. The highest BCUT2D eigenvalue weighted by Crippen LogP contribution is 2.39. The van der Waals surface area contributed by atoms with Gasteiger partial charge in [-0.1, -0.05) is 34.6 Å². The molecule has 6 nitrogen and oxygen atoms in total. The van der Waals surface area contributed by atoms with Crippen molar-refractivity contribution < 1.29 is 23.5 Å². The fraction of sp³-hybridized carbons (Fsp3) is 0.870. The van der Waals surface area contributed by atoms with E-state index >= 15 is 0 Å². The molecule has 1 heterocycles. The molecule has 0 spiro atoms. The molecule has 1 amide bonds. The molecular weight excluding hydrogens is 398 g/mol. The number of nitrogens with zero attached hydrogens (tertiary/aromatic N) is 1. The Hall–Kier alpha value is -1.21. The van der Waals surface area contributed by atoms with Crippen LogP contribution in [0.5, 0.6) is 0 Å². The topological polar surface area (TPSA) is 72.9 Å². The van der Waals surface area contributed by atoms with Crippen LogP contribution in [0.1, 0.15) is 75.2 Å². The lowest BCUT2D eigenvalue weighted by atomic mass is 9.92. The van der Waals surface area contributed by atoms with Crippen LogP contribution in [0, 0.1) is 11.8 Å². The van der Waals surface area contributed by atoms with Gasteiger partial charge in [0.15, 0.2) is 19.9 Å². The van der Waals surface area contributed by atoms with Gasteiger partial charge in [-0.15, -0.1) is 0 Å². The van der Waals surface area contributed by atoms with Crippen LogP contribution >= 0.6 is 0 Å². The minimum Gasteiger partial charge on any atom is -0.444 e. The van der Waals surface area contributed by atoms with Crippen molar-refractivity contribution in [2.75, 3.05) is 6.61 Å². The zero-order valence-electron chi connectivity index (χ0n) is 20.9. The molecule has 1 fully saturated rings. The maximum Gasteiger partial charge on any atom is 0.411 e. The number of ketones is 2. The normalized spacial score (nSPS) is 23.1. The molecule has 174 valence electrons. The van der Waals surface area contributed by atoms with Gasteiger partial charge in [0.05, 0.1) is 12.1 Å². The molecule has 1 aliphatic heterocycles. The summed E-state index contributed by atoms with van der Waals surface area (Å²) >= 11 is 0. The SMILES string of the molecule is CC(=O)[C@H]1C[C@@H](CO[Si](C)(C)C(C)(C)C)[C@H](C(=O)CC(C)C)N1C(=O)OC(C)(C)C. The second-order valence-electron chi connectivity index (χ2n) is 11.6. The Kier molecular flexibility index (Phi) is 8.50. The Morgan fingerprint density at radius 3 is 2.00 bits per heavy atom. The van der Waals surface area contributed by atoms with Gasteiger partial charge in [-0.25, -0.2) is 4.79 Å². The summed E-state index contributed by atoms with van der Waals surface area (Å²) in [6, 6.07) is -1.35. The van der Waals surface area contributed by atoms with E-state index in [4.69, 9.17) is 9.16 Å². The highest BCUT2D eigenvalue weighted by molar-refractivity contribution is 6.74. The van der Waals surface area contributed by atoms with Crippen molar-refractivity contribution in [2.24, 2.45) is 11.8 Å². The third kappa shape index (κ3) is 6.91. The number of carbonyl (C=O) groups is 3. The number of Topliss-reactive ketones (excluding diaryl/α,β-unsaturated/α-hetero) is 2. The van der Waals surface area contributed by atoms with Crippen LogP contribution in [0.4, 0.5) is 4.79 Å². The van der Waals surface area contributed by atoms with E-state index in [-0.39, 0.29) is 28.4 Å². The second kappa shape index (κ2) is 9.51. The quantitative estimate of drug-likeness (QED) is 0.507. The Morgan fingerprint density at radius 2 is 1.60 bits per heavy atom. The summed E-state index contributed by atoms with van der Waals surface area (Å²) in [5, 5.41) is 0.0356. The molecule has 1 saturated heterocycles. The number of rotatable bonds is 7. The van der Waals surface area contributed by atoms with Crippen LogP contribution in [0.15, 0.2) is 0 Å². The Bertz CT molecular complexity index is 645. The molecule has 0 bridgehead atoms. The standard InChI is InChI=1S/C23H43NO5Si/c1-15(2)12-19(26)20-17(14-28-30(10,11)23(7,8)9)13-18(16(3)25)24(20)21(27)29-22(4,5)6/h15,17-18,20H,12-14H2,1-11H3/t17-,18+,20+/m0/s1. The van der Waals surface area contributed by atoms with Gasteiger partial charge in [-0.3, -0.25) is 14.5 Å². The highest BCUT2D eigenvalue weighted by Gasteiger charge is 2.51. The van der Waals surface area contributed by atoms with Crippen molar-refractivity contribution in [3.63, 3.8) is 0 Å². The van der Waals surface area contributed by atoms with Gasteiger partial charge in [0.1, 0.15) is 5.60 Å². The zero-order chi connectivity index (χ0) is 23.7. The van der Waals surface area contributed by atoms with E-state index in [2.05, 4.69) is 33.9 Å². The second-order valence-corrected chi connectivity index (χ2v) is 16.4. The summed E-state index contributed by atoms with van der Waals surface area (Å²) in [5.41, 5.74) is -0.709. The fourth-order valence-electron chi connectivity index (χ4n) is 3.50. The lowest BCUT2D eigenvalue weighted by molar-refractivity contribution is -0.127. The average molecular weight is 442 g/mol. The molecule has 0 N–H and O–H groups in total. The maximum atomic E-state index is 13.2. The van der Waals surface area contributed by atoms with Crippen LogP contribution in [0.25, 0.3) is 0 Å². The number of likely N-dealkylation sites (tertiary alicyclic amines) is 1. The van der Waals surface area contributed by atoms with Gasteiger partial charge in [-0.05, 0) is 58.2 Å². The lowest BCUT2D eigenvalue weighted by Gasteiger charge is -2.38. The van der Waals surface area contributed by atoms with Crippen molar-refractivity contribution in [2.45, 2.75) is 111 Å². The zero-order valence-corrected chi connectivity index (χ0v) is 21.9. The van der Waals surface area contributed by atoms with E-state index in [0.29, 0.717) is 19.4 Å². The molecule has 0 unspecified atom stereocenters. The van der Waals surface area contributed by atoms with Crippen molar-refractivity contribution in [1.29, 1.82) is 0 Å². The molecule has 0 aromatic heterocycles. The first kappa shape index (κ1) is 26.8. The van der Waals surface area contributed by atoms with E-state index < -0.39 is 32.1 Å². The van der Waals surface area contributed by atoms with Crippen LogP contribution in [-0.4, -0.2) is 55.2 Å². The van der Waals surface area contributed by atoms with Gasteiger partial charge in [0.25, 0.3) is 0 Å². The summed E-state index contributed by atoms with van der Waals surface area (Å²) in [4.78, 5) is 40.1. The van der Waals surface area contributed by atoms with E-state index in [9.17, 15) is 14.4 Å². The van der Waals surface area contributed by atoms with E-state index in [1.54, 1.807) is 20.8 Å². The molecule has 0 aliphatic carbocycles. The Morgan fingerprint density at radius 1 is 1.07 bits per heavy atom. The third-order valence-electron chi connectivity index (χ3n) is 6.09. The van der Waals surface area contributed by atoms with Gasteiger partial charge in [0.2, 0.25) is 0 Å². The van der Waals surface area contributed by atoms with Crippen molar-refractivity contribution in [3.8, 4) is 0 Å². The molecule has 0 radical (unpaired) electrons. The predicted molar refractivity (Wildman–Crippen MR) is 122 cm³/mol. The van der Waals surface area contributed by atoms with E-state index in [0.717, 1.165) is 0 Å². The highest BCUT2D eigenvalue weighted by atomic mass is 28.4.